The minimum absolute atomic E-state index is 0.143. The van der Waals surface area contributed by atoms with Crippen molar-refractivity contribution in [2.24, 2.45) is 0 Å². The van der Waals surface area contributed by atoms with Crippen molar-refractivity contribution in [1.29, 1.82) is 0 Å². The standard InChI is InChI=1S/C12H18F2N2O3S2/c13-12(14)20-9-11-3-2-10(19-11)8-15-4-6-16-5-1-7-21(16,17)18/h2-3,12,15H,1,4-9H2. The van der Waals surface area contributed by atoms with Crippen LogP contribution in [0.15, 0.2) is 16.5 Å². The van der Waals surface area contributed by atoms with E-state index in [2.05, 4.69) is 5.32 Å². The fraction of sp³-hybridized carbons (Fsp3) is 0.667. The van der Waals surface area contributed by atoms with E-state index in [-0.39, 0.29) is 11.5 Å². The van der Waals surface area contributed by atoms with Crippen LogP contribution in [-0.2, 0) is 22.3 Å². The predicted octanol–water partition coefficient (Wildman–Crippen LogP) is 1.86. The Labute approximate surface area is 127 Å². The second-order valence-corrected chi connectivity index (χ2v) is 7.75. The molecule has 120 valence electrons. The molecule has 5 nitrogen and oxygen atoms in total. The van der Waals surface area contributed by atoms with Crippen LogP contribution in [0.25, 0.3) is 0 Å². The molecule has 0 spiro atoms. The minimum atomic E-state index is -3.05. The van der Waals surface area contributed by atoms with Gasteiger partial charge in [-0.2, -0.15) is 8.78 Å². The summed E-state index contributed by atoms with van der Waals surface area (Å²) in [6.45, 7) is 2.01. The molecule has 0 aromatic carbocycles. The molecule has 1 N–H and O–H groups in total. The van der Waals surface area contributed by atoms with Crippen LogP contribution < -0.4 is 5.32 Å². The maximum Gasteiger partial charge on any atom is 0.284 e. The number of alkyl halides is 2. The molecule has 0 unspecified atom stereocenters. The van der Waals surface area contributed by atoms with Gasteiger partial charge in [-0.3, -0.25) is 0 Å². The molecule has 1 aliphatic heterocycles. The minimum Gasteiger partial charge on any atom is -0.464 e. The van der Waals surface area contributed by atoms with Gasteiger partial charge < -0.3 is 9.73 Å². The third-order valence-corrected chi connectivity index (χ3v) is 5.77. The molecule has 0 atom stereocenters. The Morgan fingerprint density at radius 2 is 2.14 bits per heavy atom. The number of hydrogen-bond acceptors (Lipinski definition) is 5. The molecule has 21 heavy (non-hydrogen) atoms. The Balaban J connectivity index is 1.67. The van der Waals surface area contributed by atoms with Gasteiger partial charge in [0.1, 0.15) is 11.5 Å². The summed E-state index contributed by atoms with van der Waals surface area (Å²) >= 11 is 0.522. The summed E-state index contributed by atoms with van der Waals surface area (Å²) in [7, 11) is -3.05. The molecule has 0 saturated carbocycles. The van der Waals surface area contributed by atoms with Crippen LogP contribution in [0.4, 0.5) is 8.78 Å². The fourth-order valence-corrected chi connectivity index (χ4v) is 4.07. The molecule has 0 bridgehead atoms. The average molecular weight is 340 g/mol. The van der Waals surface area contributed by atoms with Crippen molar-refractivity contribution < 1.29 is 21.6 Å². The highest BCUT2D eigenvalue weighted by atomic mass is 32.2. The number of furan rings is 1. The van der Waals surface area contributed by atoms with Crippen molar-refractivity contribution in [2.45, 2.75) is 24.5 Å². The van der Waals surface area contributed by atoms with Crippen LogP contribution in [0.1, 0.15) is 17.9 Å². The van der Waals surface area contributed by atoms with E-state index < -0.39 is 15.8 Å². The van der Waals surface area contributed by atoms with Crippen molar-refractivity contribution in [2.75, 3.05) is 25.4 Å². The molecule has 1 aliphatic rings. The zero-order valence-corrected chi connectivity index (χ0v) is 13.1. The van der Waals surface area contributed by atoms with E-state index in [0.29, 0.717) is 55.9 Å². The van der Waals surface area contributed by atoms with E-state index in [1.54, 1.807) is 12.1 Å². The van der Waals surface area contributed by atoms with Gasteiger partial charge in [-0.05, 0) is 18.6 Å². The summed E-state index contributed by atoms with van der Waals surface area (Å²) in [4.78, 5) is 0. The molecule has 1 aromatic heterocycles. The molecule has 0 amide bonds. The zero-order chi connectivity index (χ0) is 15.3. The normalized spacial score (nSPS) is 18.6. The van der Waals surface area contributed by atoms with E-state index in [1.165, 1.54) is 4.31 Å². The maximum atomic E-state index is 12.0. The van der Waals surface area contributed by atoms with E-state index in [9.17, 15) is 17.2 Å². The van der Waals surface area contributed by atoms with Crippen LogP contribution >= 0.6 is 11.8 Å². The fourth-order valence-electron chi connectivity index (χ4n) is 2.10. The Hall–Kier alpha value is -0.640. The van der Waals surface area contributed by atoms with Gasteiger partial charge in [0.25, 0.3) is 5.76 Å². The first kappa shape index (κ1) is 16.7. The number of nitrogens with zero attached hydrogens (tertiary/aromatic N) is 1. The molecule has 1 aromatic rings. The van der Waals surface area contributed by atoms with Crippen molar-refractivity contribution in [3.05, 3.63) is 23.7 Å². The second-order valence-electron chi connectivity index (χ2n) is 4.69. The van der Waals surface area contributed by atoms with Crippen molar-refractivity contribution >= 4 is 21.8 Å². The Morgan fingerprint density at radius 3 is 2.81 bits per heavy atom. The van der Waals surface area contributed by atoms with Gasteiger partial charge in [0, 0.05) is 19.6 Å². The highest BCUT2D eigenvalue weighted by molar-refractivity contribution is 7.98. The van der Waals surface area contributed by atoms with Crippen molar-refractivity contribution in [3.8, 4) is 0 Å². The first-order valence-electron chi connectivity index (χ1n) is 6.63. The summed E-state index contributed by atoms with van der Waals surface area (Å²) in [5.41, 5.74) is 0. The SMILES string of the molecule is O=S1(=O)CCCN1CCNCc1ccc(CSC(F)F)o1. The van der Waals surface area contributed by atoms with Gasteiger partial charge in [0.2, 0.25) is 10.0 Å². The van der Waals surface area contributed by atoms with Gasteiger partial charge in [-0.1, -0.05) is 11.8 Å². The van der Waals surface area contributed by atoms with Gasteiger partial charge in [-0.15, -0.1) is 0 Å². The van der Waals surface area contributed by atoms with Crippen LogP contribution in [0.5, 0.6) is 0 Å². The van der Waals surface area contributed by atoms with Gasteiger partial charge in [-0.25, -0.2) is 12.7 Å². The average Bonchev–Trinajstić information content (AvgIpc) is 2.99. The van der Waals surface area contributed by atoms with Gasteiger partial charge >= 0.3 is 0 Å². The largest absolute Gasteiger partial charge is 0.464 e. The summed E-state index contributed by atoms with van der Waals surface area (Å²) in [5.74, 6) is -0.859. The summed E-state index contributed by atoms with van der Waals surface area (Å²) in [5, 5.41) is 3.09. The first-order valence-corrected chi connectivity index (χ1v) is 9.29. The highest BCUT2D eigenvalue weighted by Crippen LogP contribution is 2.21. The monoisotopic (exact) mass is 340 g/mol. The summed E-state index contributed by atoms with van der Waals surface area (Å²) < 4.78 is 54.1. The summed E-state index contributed by atoms with van der Waals surface area (Å²) in [6, 6.07) is 3.41. The van der Waals surface area contributed by atoms with Crippen LogP contribution in [0, 0.1) is 0 Å². The molecule has 1 saturated heterocycles. The lowest BCUT2D eigenvalue weighted by molar-refractivity contribution is 0.251. The quantitative estimate of drug-likeness (QED) is 0.732. The molecule has 9 heteroatoms. The lowest BCUT2D eigenvalue weighted by Gasteiger charge is -2.13. The van der Waals surface area contributed by atoms with Crippen LogP contribution in [0.3, 0.4) is 0 Å². The Morgan fingerprint density at radius 1 is 1.38 bits per heavy atom. The smallest absolute Gasteiger partial charge is 0.284 e. The topological polar surface area (TPSA) is 62.6 Å². The van der Waals surface area contributed by atoms with E-state index in [0.717, 1.165) is 0 Å². The number of thioether (sulfide) groups is 1. The van der Waals surface area contributed by atoms with Crippen LogP contribution in [-0.4, -0.2) is 43.9 Å². The van der Waals surface area contributed by atoms with E-state index in [1.807, 2.05) is 0 Å². The molecule has 1 fully saturated rings. The number of halogens is 2. The number of hydrogen-bond donors (Lipinski definition) is 1. The lowest BCUT2D eigenvalue weighted by atomic mass is 10.4. The Bertz CT molecular complexity index is 548. The number of sulfonamides is 1. The summed E-state index contributed by atoms with van der Waals surface area (Å²) in [6.07, 6.45) is 0.686. The van der Waals surface area contributed by atoms with Crippen molar-refractivity contribution in [3.63, 3.8) is 0 Å². The zero-order valence-electron chi connectivity index (χ0n) is 11.4. The Kier molecular flexibility index (Phi) is 6.03. The van der Waals surface area contributed by atoms with E-state index >= 15 is 0 Å². The predicted molar refractivity (Wildman–Crippen MR) is 77.7 cm³/mol. The molecule has 2 rings (SSSR count). The number of rotatable bonds is 8. The molecule has 0 radical (unpaired) electrons. The second kappa shape index (κ2) is 7.57. The van der Waals surface area contributed by atoms with Gasteiger partial charge in [0.15, 0.2) is 0 Å². The van der Waals surface area contributed by atoms with E-state index in [4.69, 9.17) is 4.42 Å². The maximum absolute atomic E-state index is 12.0. The third kappa shape index (κ3) is 5.24. The lowest BCUT2D eigenvalue weighted by Crippen LogP contribution is -2.33. The molecule has 2 heterocycles. The molecular formula is C12H18F2N2O3S2. The number of nitrogens with one attached hydrogen (secondary N) is 1. The highest BCUT2D eigenvalue weighted by Gasteiger charge is 2.27. The third-order valence-electron chi connectivity index (χ3n) is 3.11. The van der Waals surface area contributed by atoms with Gasteiger partial charge in [0.05, 0.1) is 18.1 Å². The van der Waals surface area contributed by atoms with Crippen molar-refractivity contribution in [1.82, 2.24) is 9.62 Å². The first-order chi connectivity index (χ1) is 9.97. The molecular weight excluding hydrogens is 322 g/mol. The molecule has 0 aliphatic carbocycles. The van der Waals surface area contributed by atoms with Crippen LogP contribution in [0.2, 0.25) is 0 Å².